The van der Waals surface area contributed by atoms with E-state index in [1.165, 1.54) is 0 Å². The van der Waals surface area contributed by atoms with E-state index in [0.717, 1.165) is 5.71 Å². The average molecular weight is 262 g/mol. The average Bonchev–Trinajstić information content (AvgIpc) is 2.41. The third-order valence-electron chi connectivity index (χ3n) is 1.65. The molecule has 0 radical (unpaired) electrons. The predicted molar refractivity (Wildman–Crippen MR) is 54.6 cm³/mol. The summed E-state index contributed by atoms with van der Waals surface area (Å²) < 4.78 is 2.34. The summed E-state index contributed by atoms with van der Waals surface area (Å²) in [4.78, 5) is 4.59. The van der Waals surface area contributed by atoms with Gasteiger partial charge in [-0.1, -0.05) is 0 Å². The van der Waals surface area contributed by atoms with Gasteiger partial charge in [-0.2, -0.15) is 0 Å². The van der Waals surface area contributed by atoms with Crippen LogP contribution in [0.1, 0.15) is 20.8 Å². The molecule has 1 unspecified atom stereocenters. The molecule has 1 rings (SSSR count). The molecule has 13 heavy (non-hydrogen) atoms. The number of allylic oxidation sites excluding steroid dienone is 4. The molecule has 0 saturated carbocycles. The summed E-state index contributed by atoms with van der Waals surface area (Å²) in [5.74, 6) is 0. The van der Waals surface area contributed by atoms with Crippen LogP contribution >= 0.6 is 0 Å². The summed E-state index contributed by atoms with van der Waals surface area (Å²) in [6.45, 7) is 6.27. The van der Waals surface area contributed by atoms with Crippen molar-refractivity contribution in [2.45, 2.75) is 24.9 Å². The first-order valence-electron chi connectivity index (χ1n) is 4.32. The molecule has 72 valence electrons. The first kappa shape index (κ1) is 10.6. The fourth-order valence-corrected chi connectivity index (χ4v) is 2.72. The molecule has 0 aromatic heterocycles. The molecule has 0 spiro atoms. The SMILES string of the molecule is CC=CC=[CH][Ru][C]1(C)C=CC(C)=N1. The van der Waals surface area contributed by atoms with Gasteiger partial charge in [0, 0.05) is 0 Å². The molecule has 1 atom stereocenters. The molecular formula is C11H15NRu. The van der Waals surface area contributed by atoms with Crippen LogP contribution in [0.25, 0.3) is 0 Å². The van der Waals surface area contributed by atoms with Gasteiger partial charge in [0.1, 0.15) is 0 Å². The molecule has 2 heteroatoms. The topological polar surface area (TPSA) is 12.4 Å². The van der Waals surface area contributed by atoms with Gasteiger partial charge in [0.25, 0.3) is 0 Å². The first-order chi connectivity index (χ1) is 6.16. The van der Waals surface area contributed by atoms with Gasteiger partial charge in [0.15, 0.2) is 0 Å². The van der Waals surface area contributed by atoms with Crippen LogP contribution in [0.5, 0.6) is 0 Å². The zero-order valence-electron chi connectivity index (χ0n) is 8.26. The van der Waals surface area contributed by atoms with Crippen molar-refractivity contribution in [3.63, 3.8) is 0 Å². The van der Waals surface area contributed by atoms with Gasteiger partial charge in [-0.15, -0.1) is 0 Å². The maximum atomic E-state index is 4.59. The quantitative estimate of drug-likeness (QED) is 0.548. The molecule has 0 N–H and O–H groups in total. The van der Waals surface area contributed by atoms with Crippen molar-refractivity contribution in [1.82, 2.24) is 0 Å². The van der Waals surface area contributed by atoms with Gasteiger partial charge in [-0.3, -0.25) is 0 Å². The number of nitrogens with zero attached hydrogens (tertiary/aromatic N) is 1. The van der Waals surface area contributed by atoms with Crippen molar-refractivity contribution in [3.8, 4) is 0 Å². The van der Waals surface area contributed by atoms with Gasteiger partial charge < -0.3 is 0 Å². The van der Waals surface area contributed by atoms with Crippen molar-refractivity contribution in [2.24, 2.45) is 4.99 Å². The van der Waals surface area contributed by atoms with Crippen LogP contribution in [0.3, 0.4) is 0 Å². The fraction of sp³-hybridized carbons (Fsp3) is 0.364. The van der Waals surface area contributed by atoms with Crippen LogP contribution in [0.15, 0.2) is 40.0 Å². The minimum absolute atomic E-state index is 0.0921. The number of rotatable bonds is 3. The summed E-state index contributed by atoms with van der Waals surface area (Å²) in [5, 5.41) is 0. The molecule has 0 saturated heterocycles. The standard InChI is InChI=1S/C6H8N.C5H7.Ru/c1-5-3-4-6(2)7-5;1-3-5-4-2;/h3-4H,1-2H3;1,3-5H,2H3;. The number of aliphatic imine (C=N–C) groups is 1. The van der Waals surface area contributed by atoms with Crippen LogP contribution in [-0.2, 0) is 17.1 Å². The maximum absolute atomic E-state index is 4.59. The number of hydrogen-bond acceptors (Lipinski definition) is 1. The Morgan fingerprint density at radius 1 is 1.46 bits per heavy atom. The summed E-state index contributed by atoms with van der Waals surface area (Å²) >= 11 is 0.171. The molecule has 1 aliphatic heterocycles. The van der Waals surface area contributed by atoms with E-state index in [0.29, 0.717) is 0 Å². The monoisotopic (exact) mass is 263 g/mol. The fourth-order valence-electron chi connectivity index (χ4n) is 1.05. The third-order valence-corrected chi connectivity index (χ3v) is 3.78. The Bertz CT molecular complexity index is 286. The second kappa shape index (κ2) is 4.67. The molecule has 0 amide bonds. The van der Waals surface area contributed by atoms with Gasteiger partial charge in [-0.25, -0.2) is 0 Å². The van der Waals surface area contributed by atoms with Crippen LogP contribution < -0.4 is 0 Å². The van der Waals surface area contributed by atoms with E-state index in [9.17, 15) is 0 Å². The predicted octanol–water partition coefficient (Wildman–Crippen LogP) is 2.91. The van der Waals surface area contributed by atoms with E-state index < -0.39 is 0 Å². The van der Waals surface area contributed by atoms with Crippen LogP contribution in [0.2, 0.25) is 0 Å². The van der Waals surface area contributed by atoms with Gasteiger partial charge in [0.2, 0.25) is 0 Å². The van der Waals surface area contributed by atoms with E-state index >= 15 is 0 Å². The Kier molecular flexibility index (Phi) is 3.80. The summed E-state index contributed by atoms with van der Waals surface area (Å²) in [6, 6.07) is 0. The van der Waals surface area contributed by atoms with Crippen molar-refractivity contribution < 1.29 is 17.1 Å². The second-order valence-electron chi connectivity index (χ2n) is 3.02. The van der Waals surface area contributed by atoms with Crippen LogP contribution in [-0.4, -0.2) is 9.84 Å². The van der Waals surface area contributed by atoms with Crippen LogP contribution in [0.4, 0.5) is 0 Å². The van der Waals surface area contributed by atoms with Crippen molar-refractivity contribution in [2.75, 3.05) is 0 Å². The zero-order valence-corrected chi connectivity index (χ0v) is 10.0. The first-order valence-corrected chi connectivity index (χ1v) is 6.19. The van der Waals surface area contributed by atoms with Crippen molar-refractivity contribution >= 4 is 5.71 Å². The van der Waals surface area contributed by atoms with E-state index in [4.69, 9.17) is 0 Å². The van der Waals surface area contributed by atoms with Crippen molar-refractivity contribution in [3.05, 3.63) is 35.1 Å². The summed E-state index contributed by atoms with van der Waals surface area (Å²) in [5.41, 5.74) is 1.15. The molecule has 0 aliphatic carbocycles. The zero-order chi connectivity index (χ0) is 9.73. The Morgan fingerprint density at radius 2 is 2.23 bits per heavy atom. The summed E-state index contributed by atoms with van der Waals surface area (Å²) in [6.07, 6.45) is 10.5. The third kappa shape index (κ3) is 3.40. The molecule has 0 aromatic rings. The Morgan fingerprint density at radius 3 is 2.77 bits per heavy atom. The van der Waals surface area contributed by atoms with Crippen LogP contribution in [0, 0.1) is 0 Å². The van der Waals surface area contributed by atoms with Gasteiger partial charge in [-0.05, 0) is 0 Å². The van der Waals surface area contributed by atoms with Crippen molar-refractivity contribution in [1.29, 1.82) is 0 Å². The molecule has 1 nitrogen and oxygen atoms in total. The molecular weight excluding hydrogens is 247 g/mol. The van der Waals surface area contributed by atoms with E-state index in [-0.39, 0.29) is 21.3 Å². The van der Waals surface area contributed by atoms with Gasteiger partial charge >= 0.3 is 87.8 Å². The molecule has 0 fully saturated rings. The normalized spacial score (nSPS) is 28.1. The Labute approximate surface area is 87.9 Å². The van der Waals surface area contributed by atoms with Gasteiger partial charge in [0.05, 0.1) is 0 Å². The minimum atomic E-state index is 0.0921. The number of hydrogen-bond donors (Lipinski definition) is 0. The molecule has 1 heterocycles. The Hall–Kier alpha value is -0.487. The van der Waals surface area contributed by atoms with E-state index in [1.807, 2.05) is 13.0 Å². The summed E-state index contributed by atoms with van der Waals surface area (Å²) in [7, 11) is 0. The molecule has 0 aromatic carbocycles. The molecule has 1 aliphatic rings. The van der Waals surface area contributed by atoms with E-state index in [2.05, 4.69) is 47.8 Å². The van der Waals surface area contributed by atoms with E-state index in [1.54, 1.807) is 0 Å². The Balaban J connectivity index is 2.50. The second-order valence-corrected chi connectivity index (χ2v) is 5.86. The molecule has 0 bridgehead atoms.